The fourth-order valence-electron chi connectivity index (χ4n) is 3.08. The third-order valence-electron chi connectivity index (χ3n) is 4.62. The highest BCUT2D eigenvalue weighted by atomic mass is 35.5. The molecule has 4 heteroatoms. The second kappa shape index (κ2) is 7.59. The maximum absolute atomic E-state index is 6.83. The van der Waals surface area contributed by atoms with Gasteiger partial charge in [0.05, 0.1) is 31.0 Å². The van der Waals surface area contributed by atoms with E-state index >= 15 is 0 Å². The third kappa shape index (κ3) is 3.84. The van der Waals surface area contributed by atoms with Crippen molar-refractivity contribution in [1.82, 2.24) is 0 Å². The van der Waals surface area contributed by atoms with Crippen LogP contribution in [0.3, 0.4) is 0 Å². The number of nitrogens with zero attached hydrogens (tertiary/aromatic N) is 1. The minimum Gasteiger partial charge on any atom is -0.495 e. The van der Waals surface area contributed by atoms with E-state index in [0.29, 0.717) is 13.2 Å². The molecule has 1 aliphatic carbocycles. The van der Waals surface area contributed by atoms with Gasteiger partial charge in [-0.25, -0.2) is 0 Å². The molecule has 0 radical (unpaired) electrons. The first-order chi connectivity index (χ1) is 11.2. The van der Waals surface area contributed by atoms with Gasteiger partial charge >= 0.3 is 0 Å². The molecule has 1 fully saturated rings. The molecule has 0 unspecified atom stereocenters. The minimum absolute atomic E-state index is 0.642. The van der Waals surface area contributed by atoms with Gasteiger partial charge in [0.25, 0.3) is 0 Å². The van der Waals surface area contributed by atoms with E-state index in [1.54, 1.807) is 7.11 Å². The number of benzene rings is 1. The highest BCUT2D eigenvalue weighted by molar-refractivity contribution is 6.35. The van der Waals surface area contributed by atoms with Crippen molar-refractivity contribution in [2.24, 2.45) is 5.92 Å². The molecule has 0 saturated heterocycles. The van der Waals surface area contributed by atoms with Crippen LogP contribution in [-0.4, -0.2) is 33.4 Å². The fraction of sp³-hybridized carbons (Fsp3) is 0.579. The summed E-state index contributed by atoms with van der Waals surface area (Å²) in [6, 6.07) is 4.10. The molecule has 0 spiro atoms. The van der Waals surface area contributed by atoms with Gasteiger partial charge in [-0.1, -0.05) is 31.0 Å². The van der Waals surface area contributed by atoms with E-state index in [0.717, 1.165) is 41.0 Å². The molecule has 1 aromatic carbocycles. The molecule has 0 bridgehead atoms. The van der Waals surface area contributed by atoms with Gasteiger partial charge in [-0.05, 0) is 42.9 Å². The van der Waals surface area contributed by atoms with Crippen LogP contribution in [-0.2, 0) is 4.74 Å². The first kappa shape index (κ1) is 16.7. The Kier molecular flexibility index (Phi) is 5.50. The number of unbranched alkanes of at least 4 members (excludes halogenated alkanes) is 1. The first-order valence-electron chi connectivity index (χ1n) is 8.63. The lowest BCUT2D eigenvalue weighted by Gasteiger charge is -2.28. The van der Waals surface area contributed by atoms with Gasteiger partial charge in [0, 0.05) is 18.7 Å². The molecule has 0 aromatic heterocycles. The second-order valence-corrected chi connectivity index (χ2v) is 6.84. The fourth-order valence-corrected chi connectivity index (χ4v) is 3.48. The summed E-state index contributed by atoms with van der Waals surface area (Å²) in [5, 5.41) is 0.804. The predicted octanol–water partition coefficient (Wildman–Crippen LogP) is 4.78. The summed E-state index contributed by atoms with van der Waals surface area (Å²) in [4.78, 5) is 2.43. The Morgan fingerprint density at radius 3 is 2.78 bits per heavy atom. The standard InChI is InChI=1S/C19H26ClNO2/c1-3-4-10-21(12-14-5-6-14)19-17(22-2)8-7-16(18(19)20)15-9-11-23-13-15/h7-9,14H,3-6,10-13H2,1-2H3. The van der Waals surface area contributed by atoms with Gasteiger partial charge < -0.3 is 14.4 Å². The van der Waals surface area contributed by atoms with E-state index in [1.165, 1.54) is 31.3 Å². The number of hydrogen-bond acceptors (Lipinski definition) is 3. The van der Waals surface area contributed by atoms with E-state index in [-0.39, 0.29) is 0 Å². The third-order valence-corrected chi connectivity index (χ3v) is 5.01. The number of methoxy groups -OCH3 is 1. The lowest BCUT2D eigenvalue weighted by atomic mass is 10.0. The van der Waals surface area contributed by atoms with Crippen LogP contribution in [0.15, 0.2) is 18.2 Å². The lowest BCUT2D eigenvalue weighted by molar-refractivity contribution is 0.216. The number of hydrogen-bond donors (Lipinski definition) is 0. The minimum atomic E-state index is 0.642. The summed E-state index contributed by atoms with van der Waals surface area (Å²) in [6.07, 6.45) is 7.14. The van der Waals surface area contributed by atoms with Gasteiger partial charge in [0.2, 0.25) is 0 Å². The zero-order chi connectivity index (χ0) is 16.2. The molecule has 126 valence electrons. The SMILES string of the molecule is CCCCN(CC1CC1)c1c(OC)ccc(C2=CCOC2)c1Cl. The van der Waals surface area contributed by atoms with E-state index in [1.807, 2.05) is 6.07 Å². The molecule has 3 rings (SSSR count). The van der Waals surface area contributed by atoms with Crippen molar-refractivity contribution >= 4 is 22.9 Å². The number of anilines is 1. The van der Waals surface area contributed by atoms with Crippen molar-refractivity contribution in [3.05, 3.63) is 28.8 Å². The highest BCUT2D eigenvalue weighted by Gasteiger charge is 2.28. The average molecular weight is 336 g/mol. The first-order valence-corrected chi connectivity index (χ1v) is 9.01. The van der Waals surface area contributed by atoms with Crippen LogP contribution in [0.25, 0.3) is 5.57 Å². The molecule has 2 aliphatic rings. The van der Waals surface area contributed by atoms with Crippen LogP contribution in [0, 0.1) is 5.92 Å². The number of halogens is 1. The summed E-state index contributed by atoms with van der Waals surface area (Å²) in [7, 11) is 1.72. The number of rotatable bonds is 8. The van der Waals surface area contributed by atoms with E-state index in [2.05, 4.69) is 24.0 Å². The molecule has 0 N–H and O–H groups in total. The van der Waals surface area contributed by atoms with Crippen LogP contribution in [0.1, 0.15) is 38.2 Å². The molecule has 0 amide bonds. The molecular weight excluding hydrogens is 310 g/mol. The normalized spacial score (nSPS) is 17.3. The largest absolute Gasteiger partial charge is 0.495 e. The zero-order valence-electron chi connectivity index (χ0n) is 14.1. The topological polar surface area (TPSA) is 21.7 Å². The van der Waals surface area contributed by atoms with Gasteiger partial charge in [0.15, 0.2) is 0 Å². The molecule has 1 aromatic rings. The Morgan fingerprint density at radius 2 is 2.17 bits per heavy atom. The lowest BCUT2D eigenvalue weighted by Crippen LogP contribution is -2.27. The molecule has 1 heterocycles. The van der Waals surface area contributed by atoms with Gasteiger partial charge in [-0.15, -0.1) is 0 Å². The molecule has 3 nitrogen and oxygen atoms in total. The van der Waals surface area contributed by atoms with E-state index in [4.69, 9.17) is 21.1 Å². The van der Waals surface area contributed by atoms with E-state index in [9.17, 15) is 0 Å². The summed E-state index contributed by atoms with van der Waals surface area (Å²) < 4.78 is 11.1. The molecule has 0 atom stereocenters. The Hall–Kier alpha value is -1.19. The monoisotopic (exact) mass is 335 g/mol. The van der Waals surface area contributed by atoms with Crippen molar-refractivity contribution in [3.63, 3.8) is 0 Å². The predicted molar refractivity (Wildman–Crippen MR) is 96.6 cm³/mol. The van der Waals surface area contributed by atoms with Crippen LogP contribution < -0.4 is 9.64 Å². The Balaban J connectivity index is 1.96. The summed E-state index contributed by atoms with van der Waals surface area (Å²) in [6.45, 7) is 5.65. The van der Waals surface area contributed by atoms with Crippen molar-refractivity contribution in [2.45, 2.75) is 32.6 Å². The van der Waals surface area contributed by atoms with Gasteiger partial charge in [0.1, 0.15) is 5.75 Å². The Labute approximate surface area is 144 Å². The van der Waals surface area contributed by atoms with Crippen LogP contribution in [0.2, 0.25) is 5.02 Å². The average Bonchev–Trinajstić information content (AvgIpc) is 3.21. The highest BCUT2D eigenvalue weighted by Crippen LogP contribution is 2.43. The number of ether oxygens (including phenoxy) is 2. The molecule has 23 heavy (non-hydrogen) atoms. The summed E-state index contributed by atoms with van der Waals surface area (Å²) >= 11 is 6.83. The maximum Gasteiger partial charge on any atom is 0.143 e. The maximum atomic E-state index is 6.83. The van der Waals surface area contributed by atoms with Gasteiger partial charge in [-0.3, -0.25) is 0 Å². The summed E-state index contributed by atoms with van der Waals surface area (Å²) in [5.74, 6) is 1.68. The smallest absolute Gasteiger partial charge is 0.143 e. The van der Waals surface area contributed by atoms with Crippen LogP contribution >= 0.6 is 11.6 Å². The van der Waals surface area contributed by atoms with Crippen molar-refractivity contribution in [2.75, 3.05) is 38.3 Å². The second-order valence-electron chi connectivity index (χ2n) is 6.47. The van der Waals surface area contributed by atoms with Crippen molar-refractivity contribution < 1.29 is 9.47 Å². The molecule has 1 saturated carbocycles. The van der Waals surface area contributed by atoms with Crippen molar-refractivity contribution in [3.8, 4) is 5.75 Å². The quantitative estimate of drug-likeness (QED) is 0.682. The Bertz CT molecular complexity index is 581. The summed E-state index contributed by atoms with van der Waals surface area (Å²) in [5.41, 5.74) is 3.32. The van der Waals surface area contributed by atoms with Crippen LogP contribution in [0.4, 0.5) is 5.69 Å². The zero-order valence-corrected chi connectivity index (χ0v) is 14.9. The molecule has 1 aliphatic heterocycles. The van der Waals surface area contributed by atoms with Crippen molar-refractivity contribution in [1.29, 1.82) is 0 Å². The van der Waals surface area contributed by atoms with Crippen LogP contribution in [0.5, 0.6) is 5.75 Å². The molecular formula is C19H26ClNO2. The van der Waals surface area contributed by atoms with E-state index < -0.39 is 0 Å². The Morgan fingerprint density at radius 1 is 1.35 bits per heavy atom. The van der Waals surface area contributed by atoms with Gasteiger partial charge in [-0.2, -0.15) is 0 Å².